The van der Waals surface area contributed by atoms with E-state index in [0.29, 0.717) is 5.56 Å². The molecule has 96 valence electrons. The summed E-state index contributed by atoms with van der Waals surface area (Å²) in [6.07, 6.45) is 0. The SMILES string of the molecule is Cc1ccc(C)c(S(=O)(=O)NC(CO)CO)c1. The van der Waals surface area contributed by atoms with Gasteiger partial charge in [0.2, 0.25) is 10.0 Å². The predicted molar refractivity (Wildman–Crippen MR) is 64.2 cm³/mol. The number of hydrogen-bond donors (Lipinski definition) is 3. The van der Waals surface area contributed by atoms with Crippen molar-refractivity contribution < 1.29 is 18.6 Å². The van der Waals surface area contributed by atoms with Crippen molar-refractivity contribution in [2.24, 2.45) is 0 Å². The van der Waals surface area contributed by atoms with E-state index in [4.69, 9.17) is 10.2 Å². The standard InChI is InChI=1S/C11H17NO4S/c1-8-3-4-9(2)11(5-8)17(15,16)12-10(6-13)7-14/h3-5,10,12-14H,6-7H2,1-2H3. The van der Waals surface area contributed by atoms with Gasteiger partial charge in [-0.3, -0.25) is 0 Å². The Bertz CT molecular complexity index is 480. The number of nitrogens with one attached hydrogen (secondary N) is 1. The zero-order valence-corrected chi connectivity index (χ0v) is 10.7. The van der Waals surface area contributed by atoms with Crippen molar-refractivity contribution in [3.05, 3.63) is 29.3 Å². The maximum atomic E-state index is 12.0. The lowest BCUT2D eigenvalue weighted by atomic mass is 10.2. The Labute approximate surface area is 101 Å². The van der Waals surface area contributed by atoms with E-state index in [0.717, 1.165) is 5.56 Å². The van der Waals surface area contributed by atoms with E-state index >= 15 is 0 Å². The molecule has 1 aromatic rings. The fraction of sp³-hybridized carbons (Fsp3) is 0.455. The van der Waals surface area contributed by atoms with Crippen LogP contribution in [0.2, 0.25) is 0 Å². The van der Waals surface area contributed by atoms with E-state index < -0.39 is 29.3 Å². The highest BCUT2D eigenvalue weighted by Crippen LogP contribution is 2.16. The summed E-state index contributed by atoms with van der Waals surface area (Å²) in [5.41, 5.74) is 1.46. The molecule has 0 amide bonds. The Morgan fingerprint density at radius 1 is 1.24 bits per heavy atom. The number of benzene rings is 1. The largest absolute Gasteiger partial charge is 0.395 e. The maximum Gasteiger partial charge on any atom is 0.241 e. The molecule has 0 aliphatic heterocycles. The molecule has 0 unspecified atom stereocenters. The van der Waals surface area contributed by atoms with Gasteiger partial charge >= 0.3 is 0 Å². The lowest BCUT2D eigenvalue weighted by molar-refractivity contribution is 0.185. The van der Waals surface area contributed by atoms with Gasteiger partial charge in [0.05, 0.1) is 24.2 Å². The molecule has 6 heteroatoms. The first-order valence-electron chi connectivity index (χ1n) is 5.22. The molecule has 0 heterocycles. The van der Waals surface area contributed by atoms with Crippen LogP contribution < -0.4 is 4.72 Å². The normalized spacial score (nSPS) is 12.1. The lowest BCUT2D eigenvalue weighted by Gasteiger charge is -2.15. The number of aliphatic hydroxyl groups is 2. The Hall–Kier alpha value is -0.950. The highest BCUT2D eigenvalue weighted by atomic mass is 32.2. The van der Waals surface area contributed by atoms with Crippen molar-refractivity contribution in [2.75, 3.05) is 13.2 Å². The van der Waals surface area contributed by atoms with Gasteiger partial charge < -0.3 is 10.2 Å². The van der Waals surface area contributed by atoms with Crippen LogP contribution in [0, 0.1) is 13.8 Å². The Kier molecular flexibility index (Phi) is 4.64. The number of rotatable bonds is 5. The molecule has 17 heavy (non-hydrogen) atoms. The summed E-state index contributed by atoms with van der Waals surface area (Å²) in [5, 5.41) is 17.7. The van der Waals surface area contributed by atoms with E-state index in [1.807, 2.05) is 6.07 Å². The third-order valence-electron chi connectivity index (χ3n) is 2.40. The second-order valence-electron chi connectivity index (χ2n) is 3.95. The van der Waals surface area contributed by atoms with Crippen LogP contribution in [0.1, 0.15) is 11.1 Å². The topological polar surface area (TPSA) is 86.6 Å². The average molecular weight is 259 g/mol. The van der Waals surface area contributed by atoms with Crippen LogP contribution in [0.15, 0.2) is 23.1 Å². The van der Waals surface area contributed by atoms with Crippen molar-refractivity contribution in [1.82, 2.24) is 4.72 Å². The molecule has 0 aliphatic carbocycles. The van der Waals surface area contributed by atoms with Crippen LogP contribution >= 0.6 is 0 Å². The van der Waals surface area contributed by atoms with Gasteiger partial charge in [-0.1, -0.05) is 12.1 Å². The first kappa shape index (κ1) is 14.1. The Morgan fingerprint density at radius 3 is 2.35 bits per heavy atom. The average Bonchev–Trinajstić information content (AvgIpc) is 2.29. The van der Waals surface area contributed by atoms with E-state index in [1.54, 1.807) is 26.0 Å². The molecule has 0 aliphatic rings. The minimum absolute atomic E-state index is 0.171. The quantitative estimate of drug-likeness (QED) is 0.691. The lowest BCUT2D eigenvalue weighted by Crippen LogP contribution is -2.40. The minimum Gasteiger partial charge on any atom is -0.395 e. The van der Waals surface area contributed by atoms with Crippen LogP contribution in [0.5, 0.6) is 0 Å². The summed E-state index contributed by atoms with van der Waals surface area (Å²) >= 11 is 0. The summed E-state index contributed by atoms with van der Waals surface area (Å²) in [6, 6.07) is 4.23. The molecule has 1 aromatic carbocycles. The zero-order valence-electron chi connectivity index (χ0n) is 9.84. The van der Waals surface area contributed by atoms with Crippen LogP contribution in [0.4, 0.5) is 0 Å². The van der Waals surface area contributed by atoms with Crippen molar-refractivity contribution in [3.8, 4) is 0 Å². The van der Waals surface area contributed by atoms with Gasteiger partial charge in [0.1, 0.15) is 0 Å². The molecule has 0 fully saturated rings. The molecule has 1 rings (SSSR count). The monoisotopic (exact) mass is 259 g/mol. The molecule has 0 atom stereocenters. The minimum atomic E-state index is -3.71. The summed E-state index contributed by atoms with van der Waals surface area (Å²) < 4.78 is 26.2. The molecule has 0 saturated heterocycles. The van der Waals surface area contributed by atoms with Gasteiger partial charge in [-0.2, -0.15) is 0 Å². The van der Waals surface area contributed by atoms with E-state index in [1.165, 1.54) is 0 Å². The van der Waals surface area contributed by atoms with Gasteiger partial charge in [0.25, 0.3) is 0 Å². The third-order valence-corrected chi connectivity index (χ3v) is 4.06. The molecule has 0 aromatic heterocycles. The number of aliphatic hydroxyl groups excluding tert-OH is 2. The van der Waals surface area contributed by atoms with Gasteiger partial charge in [0.15, 0.2) is 0 Å². The highest BCUT2D eigenvalue weighted by Gasteiger charge is 2.20. The maximum absolute atomic E-state index is 12.0. The van der Waals surface area contributed by atoms with Gasteiger partial charge in [-0.15, -0.1) is 0 Å². The Balaban J connectivity index is 3.09. The summed E-state index contributed by atoms with van der Waals surface area (Å²) in [5.74, 6) is 0. The molecule has 0 radical (unpaired) electrons. The molecule has 5 nitrogen and oxygen atoms in total. The predicted octanol–water partition coefficient (Wildman–Crippen LogP) is -0.0651. The second-order valence-corrected chi connectivity index (χ2v) is 5.63. The van der Waals surface area contributed by atoms with Crippen LogP contribution in [-0.2, 0) is 10.0 Å². The molecular formula is C11H17NO4S. The number of sulfonamides is 1. The van der Waals surface area contributed by atoms with Crippen molar-refractivity contribution in [2.45, 2.75) is 24.8 Å². The van der Waals surface area contributed by atoms with Crippen molar-refractivity contribution in [3.63, 3.8) is 0 Å². The molecule has 3 N–H and O–H groups in total. The summed E-state index contributed by atoms with van der Waals surface area (Å²) in [7, 11) is -3.71. The van der Waals surface area contributed by atoms with Gasteiger partial charge in [-0.05, 0) is 31.0 Å². The molecule has 0 saturated carbocycles. The van der Waals surface area contributed by atoms with Gasteiger partial charge in [-0.25, -0.2) is 13.1 Å². The van der Waals surface area contributed by atoms with Crippen LogP contribution in [-0.4, -0.2) is 37.9 Å². The summed E-state index contributed by atoms with van der Waals surface area (Å²) in [4.78, 5) is 0.171. The van der Waals surface area contributed by atoms with Crippen molar-refractivity contribution >= 4 is 10.0 Å². The fourth-order valence-corrected chi connectivity index (χ4v) is 2.96. The van der Waals surface area contributed by atoms with Crippen molar-refractivity contribution in [1.29, 1.82) is 0 Å². The Morgan fingerprint density at radius 2 is 1.82 bits per heavy atom. The molecule has 0 spiro atoms. The first-order valence-corrected chi connectivity index (χ1v) is 6.70. The third kappa shape index (κ3) is 3.50. The zero-order chi connectivity index (χ0) is 13.1. The number of hydrogen-bond acceptors (Lipinski definition) is 4. The number of aryl methyl sites for hydroxylation is 2. The molecule has 0 bridgehead atoms. The first-order chi connectivity index (χ1) is 7.90. The van der Waals surface area contributed by atoms with E-state index in [2.05, 4.69) is 4.72 Å². The molecular weight excluding hydrogens is 242 g/mol. The van der Waals surface area contributed by atoms with Gasteiger partial charge in [0, 0.05) is 0 Å². The van der Waals surface area contributed by atoms with E-state index in [9.17, 15) is 8.42 Å². The fourth-order valence-electron chi connectivity index (χ4n) is 1.41. The second kappa shape index (κ2) is 5.59. The summed E-state index contributed by atoms with van der Waals surface area (Å²) in [6.45, 7) is 2.61. The van der Waals surface area contributed by atoms with E-state index in [-0.39, 0.29) is 4.90 Å². The van der Waals surface area contributed by atoms with Crippen LogP contribution in [0.3, 0.4) is 0 Å². The highest BCUT2D eigenvalue weighted by molar-refractivity contribution is 7.89. The van der Waals surface area contributed by atoms with Crippen LogP contribution in [0.25, 0.3) is 0 Å². The smallest absolute Gasteiger partial charge is 0.241 e.